The molecule has 0 saturated heterocycles. The third-order valence-electron chi connectivity index (χ3n) is 1.39. The molecule has 1 heteroatoms. The van der Waals surface area contributed by atoms with Gasteiger partial charge in [0.1, 0.15) is 0 Å². The largest absolute Gasteiger partial charge is 0.376 e. The van der Waals surface area contributed by atoms with E-state index in [4.69, 9.17) is 4.74 Å². The van der Waals surface area contributed by atoms with E-state index in [0.29, 0.717) is 5.41 Å². The van der Waals surface area contributed by atoms with Crippen LogP contribution in [0.3, 0.4) is 0 Å². The quantitative estimate of drug-likeness (QED) is 0.629. The highest BCUT2D eigenvalue weighted by Crippen LogP contribution is 2.19. The van der Waals surface area contributed by atoms with Gasteiger partial charge in [0.2, 0.25) is 0 Å². The molecule has 82 valence electrons. The van der Waals surface area contributed by atoms with Gasteiger partial charge in [0.15, 0.2) is 0 Å². The summed E-state index contributed by atoms with van der Waals surface area (Å²) < 4.78 is 5.61. The van der Waals surface area contributed by atoms with Gasteiger partial charge in [-0.3, -0.25) is 0 Å². The summed E-state index contributed by atoms with van der Waals surface area (Å²) in [6.07, 6.45) is 1.13. The molecule has 0 radical (unpaired) electrons. The van der Waals surface area contributed by atoms with Crippen LogP contribution >= 0.6 is 0 Å². The lowest BCUT2D eigenvalue weighted by molar-refractivity contribution is -0.0139. The van der Waals surface area contributed by atoms with Crippen LogP contribution in [0.15, 0.2) is 0 Å². The molecule has 0 bridgehead atoms. The Bertz CT molecular complexity index is 89.3. The Labute approximate surface area is 84.9 Å². The van der Waals surface area contributed by atoms with E-state index in [2.05, 4.69) is 41.5 Å². The van der Waals surface area contributed by atoms with Gasteiger partial charge in [-0.1, -0.05) is 34.6 Å². The fraction of sp³-hybridized carbons (Fsp3) is 1.00. The standard InChI is InChI=1S/C10H22O.C2H6/c1-9(2,3)7-8-11-10(4,5)6;1-2/h7-8H2,1-6H3;1-2H3. The van der Waals surface area contributed by atoms with E-state index in [9.17, 15) is 0 Å². The van der Waals surface area contributed by atoms with Crippen molar-refractivity contribution in [1.29, 1.82) is 0 Å². The molecule has 0 fully saturated rings. The highest BCUT2D eigenvalue weighted by Gasteiger charge is 2.14. The van der Waals surface area contributed by atoms with Crippen molar-refractivity contribution in [3.63, 3.8) is 0 Å². The van der Waals surface area contributed by atoms with E-state index in [1.54, 1.807) is 0 Å². The van der Waals surface area contributed by atoms with Gasteiger partial charge in [0.25, 0.3) is 0 Å². The molecule has 0 N–H and O–H groups in total. The van der Waals surface area contributed by atoms with Crippen LogP contribution in [0.2, 0.25) is 0 Å². The monoisotopic (exact) mass is 188 g/mol. The van der Waals surface area contributed by atoms with E-state index in [0.717, 1.165) is 13.0 Å². The predicted octanol–water partition coefficient (Wildman–Crippen LogP) is 4.26. The fourth-order valence-corrected chi connectivity index (χ4v) is 0.663. The molecule has 0 rings (SSSR count). The Kier molecular flexibility index (Phi) is 7.62. The second kappa shape index (κ2) is 6.42. The van der Waals surface area contributed by atoms with Crippen LogP contribution in [0.25, 0.3) is 0 Å². The van der Waals surface area contributed by atoms with E-state index in [1.807, 2.05) is 13.8 Å². The number of hydrogen-bond acceptors (Lipinski definition) is 1. The second-order valence-electron chi connectivity index (χ2n) is 5.27. The third kappa shape index (κ3) is 18.7. The molecule has 1 nitrogen and oxygen atoms in total. The first-order chi connectivity index (χ1) is 5.71. The van der Waals surface area contributed by atoms with Crippen molar-refractivity contribution >= 4 is 0 Å². The Morgan fingerprint density at radius 3 is 1.46 bits per heavy atom. The van der Waals surface area contributed by atoms with Crippen LogP contribution in [0.4, 0.5) is 0 Å². The molecular weight excluding hydrogens is 160 g/mol. The van der Waals surface area contributed by atoms with Gasteiger partial charge in [-0.25, -0.2) is 0 Å². The maximum absolute atomic E-state index is 5.61. The predicted molar refractivity (Wildman–Crippen MR) is 61.1 cm³/mol. The molecule has 0 atom stereocenters. The van der Waals surface area contributed by atoms with Crippen LogP contribution in [0, 0.1) is 5.41 Å². The molecule has 13 heavy (non-hydrogen) atoms. The van der Waals surface area contributed by atoms with Gasteiger partial charge >= 0.3 is 0 Å². The minimum Gasteiger partial charge on any atom is -0.376 e. The minimum absolute atomic E-state index is 0.0191. The summed E-state index contributed by atoms with van der Waals surface area (Å²) >= 11 is 0. The van der Waals surface area contributed by atoms with Crippen molar-refractivity contribution in [3.8, 4) is 0 Å². The van der Waals surface area contributed by atoms with Crippen LogP contribution in [0.1, 0.15) is 61.8 Å². The SMILES string of the molecule is CC.CC(C)(C)CCOC(C)(C)C. The zero-order valence-corrected chi connectivity index (χ0v) is 10.8. The summed E-state index contributed by atoms with van der Waals surface area (Å²) in [7, 11) is 0. The van der Waals surface area contributed by atoms with Crippen LogP contribution < -0.4 is 0 Å². The third-order valence-corrected chi connectivity index (χ3v) is 1.39. The molecule has 0 heterocycles. The summed E-state index contributed by atoms with van der Waals surface area (Å²) in [6, 6.07) is 0. The summed E-state index contributed by atoms with van der Waals surface area (Å²) in [6.45, 7) is 17.9. The van der Waals surface area contributed by atoms with Crippen molar-refractivity contribution in [2.45, 2.75) is 67.4 Å². The molecule has 0 aromatic rings. The van der Waals surface area contributed by atoms with Crippen LogP contribution in [0.5, 0.6) is 0 Å². The van der Waals surface area contributed by atoms with Crippen molar-refractivity contribution in [3.05, 3.63) is 0 Å². The van der Waals surface area contributed by atoms with Gasteiger partial charge in [-0.15, -0.1) is 0 Å². The smallest absolute Gasteiger partial charge is 0.0598 e. The van der Waals surface area contributed by atoms with Crippen LogP contribution in [-0.4, -0.2) is 12.2 Å². The molecule has 0 unspecified atom stereocenters. The second-order valence-corrected chi connectivity index (χ2v) is 5.27. The van der Waals surface area contributed by atoms with E-state index in [1.165, 1.54) is 0 Å². The van der Waals surface area contributed by atoms with Crippen molar-refractivity contribution in [2.24, 2.45) is 5.41 Å². The normalized spacial score (nSPS) is 12.0. The molecule has 0 aromatic heterocycles. The van der Waals surface area contributed by atoms with Gasteiger partial charge in [0, 0.05) is 6.61 Å². The van der Waals surface area contributed by atoms with E-state index < -0.39 is 0 Å². The minimum atomic E-state index is 0.0191. The Morgan fingerprint density at radius 2 is 1.23 bits per heavy atom. The molecule has 0 amide bonds. The first-order valence-corrected chi connectivity index (χ1v) is 5.35. The zero-order valence-electron chi connectivity index (χ0n) is 10.8. The summed E-state index contributed by atoms with van der Waals surface area (Å²) in [5.41, 5.74) is 0.413. The maximum atomic E-state index is 5.61. The first-order valence-electron chi connectivity index (χ1n) is 5.35. The average molecular weight is 188 g/mol. The summed E-state index contributed by atoms with van der Waals surface area (Å²) in [4.78, 5) is 0. The zero-order chi connectivity index (χ0) is 11.1. The van der Waals surface area contributed by atoms with Crippen molar-refractivity contribution in [1.82, 2.24) is 0 Å². The highest BCUT2D eigenvalue weighted by molar-refractivity contribution is 4.63. The van der Waals surface area contributed by atoms with Crippen molar-refractivity contribution < 1.29 is 4.74 Å². The molecule has 0 aliphatic heterocycles. The van der Waals surface area contributed by atoms with Gasteiger partial charge in [0.05, 0.1) is 5.60 Å². The van der Waals surface area contributed by atoms with Gasteiger partial charge < -0.3 is 4.74 Å². The maximum Gasteiger partial charge on any atom is 0.0598 e. The lowest BCUT2D eigenvalue weighted by atomic mass is 9.93. The molecule has 0 aromatic carbocycles. The summed E-state index contributed by atoms with van der Waals surface area (Å²) in [5.74, 6) is 0. The van der Waals surface area contributed by atoms with Gasteiger partial charge in [-0.05, 0) is 32.6 Å². The van der Waals surface area contributed by atoms with Crippen molar-refractivity contribution in [2.75, 3.05) is 6.61 Å². The summed E-state index contributed by atoms with van der Waals surface area (Å²) in [5, 5.41) is 0. The molecule has 0 aliphatic carbocycles. The molecule has 0 spiro atoms. The Hall–Kier alpha value is -0.0400. The lowest BCUT2D eigenvalue weighted by Gasteiger charge is -2.23. The number of rotatable bonds is 2. The Morgan fingerprint density at radius 1 is 0.846 bits per heavy atom. The average Bonchev–Trinajstić information content (AvgIpc) is 1.86. The topological polar surface area (TPSA) is 9.23 Å². The Balaban J connectivity index is 0. The van der Waals surface area contributed by atoms with Crippen LogP contribution in [-0.2, 0) is 4.74 Å². The first kappa shape index (κ1) is 15.4. The van der Waals surface area contributed by atoms with Gasteiger partial charge in [-0.2, -0.15) is 0 Å². The lowest BCUT2D eigenvalue weighted by Crippen LogP contribution is -2.22. The number of ether oxygens (including phenoxy) is 1. The molecule has 0 saturated carbocycles. The fourth-order valence-electron chi connectivity index (χ4n) is 0.663. The van der Waals surface area contributed by atoms with E-state index in [-0.39, 0.29) is 5.60 Å². The highest BCUT2D eigenvalue weighted by atomic mass is 16.5. The molecular formula is C12H28O. The number of hydrogen-bond donors (Lipinski definition) is 0. The van der Waals surface area contributed by atoms with E-state index >= 15 is 0 Å². The molecule has 0 aliphatic rings.